The molecule has 0 saturated heterocycles. The maximum absolute atomic E-state index is 12.1. The molecule has 1 aromatic carbocycles. The molecule has 2 N–H and O–H groups in total. The van der Waals surface area contributed by atoms with Crippen LogP contribution in [-0.2, 0) is 4.79 Å². The van der Waals surface area contributed by atoms with Gasteiger partial charge in [0.15, 0.2) is 0 Å². The Morgan fingerprint density at radius 1 is 1.35 bits per heavy atom. The summed E-state index contributed by atoms with van der Waals surface area (Å²) in [6.45, 7) is 8.62. The summed E-state index contributed by atoms with van der Waals surface area (Å²) in [7, 11) is 0. The summed E-state index contributed by atoms with van der Waals surface area (Å²) in [6.07, 6.45) is 1.04. The molecule has 20 heavy (non-hydrogen) atoms. The molecule has 1 aliphatic heterocycles. The van der Waals surface area contributed by atoms with Gasteiger partial charge in [0, 0.05) is 24.8 Å². The van der Waals surface area contributed by atoms with Gasteiger partial charge in [-0.25, -0.2) is 0 Å². The van der Waals surface area contributed by atoms with E-state index in [2.05, 4.69) is 40.7 Å². The molecule has 110 valence electrons. The zero-order valence-electron chi connectivity index (χ0n) is 12.6. The van der Waals surface area contributed by atoms with E-state index in [0.29, 0.717) is 12.6 Å². The summed E-state index contributed by atoms with van der Waals surface area (Å²) >= 11 is 0. The molecule has 0 radical (unpaired) electrons. The van der Waals surface area contributed by atoms with Gasteiger partial charge >= 0.3 is 0 Å². The van der Waals surface area contributed by atoms with Crippen LogP contribution in [0.25, 0.3) is 0 Å². The predicted octanol–water partition coefficient (Wildman–Crippen LogP) is 2.07. The predicted molar refractivity (Wildman–Crippen MR) is 83.0 cm³/mol. The van der Waals surface area contributed by atoms with E-state index in [9.17, 15) is 4.79 Å². The minimum atomic E-state index is -0.126. The Morgan fingerprint density at radius 3 is 2.80 bits per heavy atom. The zero-order valence-corrected chi connectivity index (χ0v) is 12.6. The fraction of sp³-hybridized carbons (Fsp3) is 0.562. The molecule has 2 rings (SSSR count). The first kappa shape index (κ1) is 14.9. The third-order valence-corrected chi connectivity index (χ3v) is 3.93. The second-order valence-corrected chi connectivity index (χ2v) is 5.22. The van der Waals surface area contributed by atoms with Gasteiger partial charge in [-0.1, -0.05) is 25.1 Å². The summed E-state index contributed by atoms with van der Waals surface area (Å²) in [5.41, 5.74) is 2.49. The Balaban J connectivity index is 2.24. The van der Waals surface area contributed by atoms with Crippen molar-refractivity contribution >= 4 is 11.6 Å². The van der Waals surface area contributed by atoms with Gasteiger partial charge in [0.2, 0.25) is 5.91 Å². The number of rotatable bonds is 5. The highest BCUT2D eigenvalue weighted by Crippen LogP contribution is 2.34. The van der Waals surface area contributed by atoms with Gasteiger partial charge < -0.3 is 15.5 Å². The lowest BCUT2D eigenvalue weighted by molar-refractivity contribution is -0.122. The Hall–Kier alpha value is -1.55. The summed E-state index contributed by atoms with van der Waals surface area (Å²) in [6, 6.07) is 8.68. The van der Waals surface area contributed by atoms with Gasteiger partial charge in [-0.3, -0.25) is 4.79 Å². The second-order valence-electron chi connectivity index (χ2n) is 5.22. The van der Waals surface area contributed by atoms with Crippen LogP contribution in [0, 0.1) is 0 Å². The summed E-state index contributed by atoms with van der Waals surface area (Å²) in [5, 5.41) is 6.44. The summed E-state index contributed by atoms with van der Waals surface area (Å²) < 4.78 is 0. The molecule has 0 saturated carbocycles. The number of carbonyl (C=O) groups excluding carboxylic acids is 1. The molecule has 2 atom stereocenters. The first-order valence-corrected chi connectivity index (χ1v) is 7.55. The highest BCUT2D eigenvalue weighted by atomic mass is 16.2. The van der Waals surface area contributed by atoms with E-state index in [4.69, 9.17) is 0 Å². The largest absolute Gasteiger partial charge is 0.359 e. The molecule has 1 aromatic rings. The number of hydrogen-bond donors (Lipinski definition) is 2. The van der Waals surface area contributed by atoms with Gasteiger partial charge in [-0.2, -0.15) is 0 Å². The number of carbonyl (C=O) groups is 1. The number of hydrogen-bond acceptors (Lipinski definition) is 3. The number of nitrogens with zero attached hydrogens (tertiary/aromatic N) is 1. The molecule has 4 heteroatoms. The zero-order chi connectivity index (χ0) is 14.5. The minimum absolute atomic E-state index is 0.101. The first-order valence-electron chi connectivity index (χ1n) is 7.55. The van der Waals surface area contributed by atoms with Crippen LogP contribution in [-0.4, -0.2) is 31.6 Å². The maximum atomic E-state index is 12.1. The Morgan fingerprint density at radius 2 is 2.10 bits per heavy atom. The van der Waals surface area contributed by atoms with Crippen LogP contribution in [0.5, 0.6) is 0 Å². The van der Waals surface area contributed by atoms with Crippen molar-refractivity contribution in [1.29, 1.82) is 0 Å². The smallest absolute Gasteiger partial charge is 0.242 e. The lowest BCUT2D eigenvalue weighted by Gasteiger charge is -2.39. The molecular weight excluding hydrogens is 250 g/mol. The Kier molecular flexibility index (Phi) is 5.01. The van der Waals surface area contributed by atoms with Crippen molar-refractivity contribution in [2.24, 2.45) is 0 Å². The van der Waals surface area contributed by atoms with Crippen molar-refractivity contribution < 1.29 is 4.79 Å². The molecule has 0 spiro atoms. The van der Waals surface area contributed by atoms with E-state index in [0.717, 1.165) is 19.5 Å². The second kappa shape index (κ2) is 6.75. The molecule has 1 aliphatic rings. The van der Waals surface area contributed by atoms with Crippen LogP contribution < -0.4 is 15.5 Å². The number of likely N-dealkylation sites (N-methyl/N-ethyl adjacent to an activating group) is 1. The van der Waals surface area contributed by atoms with Crippen molar-refractivity contribution in [3.8, 4) is 0 Å². The number of fused-ring (bicyclic) bond motifs is 1. The monoisotopic (exact) mass is 275 g/mol. The highest BCUT2D eigenvalue weighted by molar-refractivity contribution is 5.85. The van der Waals surface area contributed by atoms with Crippen molar-refractivity contribution in [1.82, 2.24) is 10.6 Å². The van der Waals surface area contributed by atoms with Crippen LogP contribution in [0.3, 0.4) is 0 Å². The molecule has 0 bridgehead atoms. The fourth-order valence-electron chi connectivity index (χ4n) is 2.91. The summed E-state index contributed by atoms with van der Waals surface area (Å²) in [4.78, 5) is 14.3. The van der Waals surface area contributed by atoms with Crippen molar-refractivity contribution in [3.05, 3.63) is 29.8 Å². The van der Waals surface area contributed by atoms with Crippen LogP contribution in [0.1, 0.15) is 38.8 Å². The molecule has 0 aliphatic carbocycles. The normalized spacial score (nSPS) is 19.4. The van der Waals surface area contributed by atoms with Gasteiger partial charge in [0.05, 0.1) is 0 Å². The standard InChI is InChI=1S/C16H25N3O/c1-4-17-14-10-11-19(12(3)16(20)18-5-2)15-9-7-6-8-13(14)15/h6-9,12,14,17H,4-5,10-11H2,1-3H3,(H,18,20). The quantitative estimate of drug-likeness (QED) is 0.864. The average molecular weight is 275 g/mol. The van der Waals surface area contributed by atoms with Gasteiger partial charge in [-0.15, -0.1) is 0 Å². The van der Waals surface area contributed by atoms with Crippen LogP contribution >= 0.6 is 0 Å². The highest BCUT2D eigenvalue weighted by Gasteiger charge is 2.29. The third-order valence-electron chi connectivity index (χ3n) is 3.93. The minimum Gasteiger partial charge on any atom is -0.359 e. The number of anilines is 1. The maximum Gasteiger partial charge on any atom is 0.242 e. The number of benzene rings is 1. The molecule has 2 unspecified atom stereocenters. The topological polar surface area (TPSA) is 44.4 Å². The van der Waals surface area contributed by atoms with Gasteiger partial charge in [0.1, 0.15) is 6.04 Å². The molecule has 1 heterocycles. The molecule has 0 aromatic heterocycles. The third kappa shape index (κ3) is 2.96. The van der Waals surface area contributed by atoms with Gasteiger partial charge in [-0.05, 0) is 38.4 Å². The Labute approximate surface area is 121 Å². The van der Waals surface area contributed by atoms with Crippen molar-refractivity contribution in [3.63, 3.8) is 0 Å². The molecular formula is C16H25N3O. The lowest BCUT2D eigenvalue weighted by Crippen LogP contribution is -2.48. The van der Waals surface area contributed by atoms with E-state index in [1.54, 1.807) is 0 Å². The van der Waals surface area contributed by atoms with Crippen LogP contribution in [0.4, 0.5) is 5.69 Å². The summed E-state index contributed by atoms with van der Waals surface area (Å²) in [5.74, 6) is 0.101. The van der Waals surface area contributed by atoms with Crippen LogP contribution in [0.2, 0.25) is 0 Å². The SMILES string of the molecule is CCNC(=O)C(C)N1CCC(NCC)c2ccccc21. The van der Waals surface area contributed by atoms with Crippen LogP contribution in [0.15, 0.2) is 24.3 Å². The molecule has 1 amide bonds. The first-order chi connectivity index (χ1) is 9.69. The van der Waals surface area contributed by atoms with Gasteiger partial charge in [0.25, 0.3) is 0 Å². The van der Waals surface area contributed by atoms with E-state index >= 15 is 0 Å². The molecule has 4 nitrogen and oxygen atoms in total. The average Bonchev–Trinajstić information content (AvgIpc) is 2.47. The lowest BCUT2D eigenvalue weighted by atomic mass is 9.95. The van der Waals surface area contributed by atoms with Crippen molar-refractivity contribution in [2.75, 3.05) is 24.5 Å². The number of nitrogens with one attached hydrogen (secondary N) is 2. The molecule has 0 fully saturated rings. The number of amides is 1. The van der Waals surface area contributed by atoms with Crippen molar-refractivity contribution in [2.45, 2.75) is 39.3 Å². The van der Waals surface area contributed by atoms with E-state index < -0.39 is 0 Å². The fourth-order valence-corrected chi connectivity index (χ4v) is 2.91. The number of para-hydroxylation sites is 1. The Bertz CT molecular complexity index is 461. The van der Waals surface area contributed by atoms with E-state index in [1.165, 1.54) is 11.3 Å². The van der Waals surface area contributed by atoms with E-state index in [1.807, 2.05) is 19.9 Å². The van der Waals surface area contributed by atoms with E-state index in [-0.39, 0.29) is 11.9 Å².